The van der Waals surface area contributed by atoms with E-state index in [2.05, 4.69) is 45.1 Å². The summed E-state index contributed by atoms with van der Waals surface area (Å²) in [6.07, 6.45) is 1.28. The van der Waals surface area contributed by atoms with Crippen molar-refractivity contribution in [1.29, 1.82) is 0 Å². The summed E-state index contributed by atoms with van der Waals surface area (Å²) in [5.41, 5.74) is 5.85. The van der Waals surface area contributed by atoms with E-state index in [9.17, 15) is 0 Å². The largest absolute Gasteiger partial charge is 0.314 e. The highest BCUT2D eigenvalue weighted by Crippen LogP contribution is 2.29. The van der Waals surface area contributed by atoms with E-state index < -0.39 is 0 Å². The highest BCUT2D eigenvalue weighted by atomic mass is 14.9. The zero-order valence-electron chi connectivity index (χ0n) is 10.2. The third-order valence-electron chi connectivity index (χ3n) is 3.67. The van der Waals surface area contributed by atoms with Crippen LogP contribution in [0.5, 0.6) is 0 Å². The van der Waals surface area contributed by atoms with E-state index in [1.54, 1.807) is 5.56 Å². The van der Waals surface area contributed by atoms with Crippen LogP contribution in [0, 0.1) is 20.8 Å². The minimum absolute atomic E-state index is 0.677. The number of hydrogen-bond acceptors (Lipinski definition) is 1. The van der Waals surface area contributed by atoms with Gasteiger partial charge in [-0.1, -0.05) is 12.1 Å². The van der Waals surface area contributed by atoms with Crippen LogP contribution in [0.2, 0.25) is 0 Å². The number of rotatable bonds is 1. The first-order valence-corrected chi connectivity index (χ1v) is 5.89. The molecule has 1 heterocycles. The second-order valence-electron chi connectivity index (χ2n) is 5.03. The Morgan fingerprint density at radius 1 is 1.07 bits per heavy atom. The standard InChI is InChI=1S/C14H21N/c1-9-5-11(3)14(6-10(9)2)13-7-12(4)15-8-13/h5-6,12-13,15H,7-8H2,1-4H3. The van der Waals surface area contributed by atoms with Gasteiger partial charge in [0.15, 0.2) is 0 Å². The van der Waals surface area contributed by atoms with Crippen molar-refractivity contribution in [2.45, 2.75) is 46.1 Å². The number of benzene rings is 1. The van der Waals surface area contributed by atoms with E-state index in [0.717, 1.165) is 12.5 Å². The second kappa shape index (κ2) is 3.97. The van der Waals surface area contributed by atoms with Crippen molar-refractivity contribution in [1.82, 2.24) is 5.32 Å². The third-order valence-corrected chi connectivity index (χ3v) is 3.67. The molecule has 1 saturated heterocycles. The van der Waals surface area contributed by atoms with Crippen molar-refractivity contribution in [3.8, 4) is 0 Å². The summed E-state index contributed by atoms with van der Waals surface area (Å²) in [4.78, 5) is 0. The molecule has 2 unspecified atom stereocenters. The Morgan fingerprint density at radius 2 is 1.73 bits per heavy atom. The maximum Gasteiger partial charge on any atom is 0.00452 e. The molecule has 2 atom stereocenters. The van der Waals surface area contributed by atoms with Gasteiger partial charge in [-0.2, -0.15) is 0 Å². The molecule has 2 rings (SSSR count). The van der Waals surface area contributed by atoms with E-state index in [4.69, 9.17) is 0 Å². The summed E-state index contributed by atoms with van der Waals surface area (Å²) < 4.78 is 0. The van der Waals surface area contributed by atoms with Gasteiger partial charge in [0.25, 0.3) is 0 Å². The quantitative estimate of drug-likeness (QED) is 0.739. The molecule has 1 aromatic rings. The predicted octanol–water partition coefficient (Wildman–Crippen LogP) is 3.08. The SMILES string of the molecule is Cc1cc(C)c(C2CNC(C)C2)cc1C. The van der Waals surface area contributed by atoms with Crippen LogP contribution in [0.1, 0.15) is 41.5 Å². The fraction of sp³-hybridized carbons (Fsp3) is 0.571. The van der Waals surface area contributed by atoms with Crippen LogP contribution >= 0.6 is 0 Å². The molecular weight excluding hydrogens is 182 g/mol. The van der Waals surface area contributed by atoms with Gasteiger partial charge in [0.1, 0.15) is 0 Å². The van der Waals surface area contributed by atoms with Gasteiger partial charge < -0.3 is 5.32 Å². The summed E-state index contributed by atoms with van der Waals surface area (Å²) in [6, 6.07) is 5.39. The van der Waals surface area contributed by atoms with Gasteiger partial charge in [-0.15, -0.1) is 0 Å². The average Bonchev–Trinajstić information content (AvgIpc) is 2.58. The van der Waals surface area contributed by atoms with Crippen molar-refractivity contribution in [2.75, 3.05) is 6.54 Å². The maximum atomic E-state index is 3.53. The molecule has 0 amide bonds. The van der Waals surface area contributed by atoms with Crippen LogP contribution in [0.15, 0.2) is 12.1 Å². The first kappa shape index (κ1) is 10.7. The summed E-state index contributed by atoms with van der Waals surface area (Å²) in [6.45, 7) is 10.1. The van der Waals surface area contributed by atoms with Crippen LogP contribution in [-0.4, -0.2) is 12.6 Å². The lowest BCUT2D eigenvalue weighted by Crippen LogP contribution is -2.16. The average molecular weight is 203 g/mol. The summed E-state index contributed by atoms with van der Waals surface area (Å²) in [7, 11) is 0. The van der Waals surface area contributed by atoms with E-state index in [-0.39, 0.29) is 0 Å². The van der Waals surface area contributed by atoms with E-state index >= 15 is 0 Å². The third kappa shape index (κ3) is 2.07. The molecular formula is C14H21N. The Kier molecular flexibility index (Phi) is 2.83. The van der Waals surface area contributed by atoms with Gasteiger partial charge in [-0.3, -0.25) is 0 Å². The van der Waals surface area contributed by atoms with Gasteiger partial charge in [-0.05, 0) is 62.3 Å². The number of aryl methyl sites for hydroxylation is 3. The minimum Gasteiger partial charge on any atom is -0.314 e. The smallest absolute Gasteiger partial charge is 0.00452 e. The molecule has 0 aliphatic carbocycles. The van der Waals surface area contributed by atoms with Gasteiger partial charge >= 0.3 is 0 Å². The van der Waals surface area contributed by atoms with Crippen LogP contribution in [0.3, 0.4) is 0 Å². The highest BCUT2D eigenvalue weighted by molar-refractivity contribution is 5.39. The Hall–Kier alpha value is -0.820. The van der Waals surface area contributed by atoms with Crippen molar-refractivity contribution in [3.05, 3.63) is 34.4 Å². The minimum atomic E-state index is 0.677. The lowest BCUT2D eigenvalue weighted by Gasteiger charge is -2.15. The molecule has 1 heteroatoms. The number of nitrogens with one attached hydrogen (secondary N) is 1. The van der Waals surface area contributed by atoms with Gasteiger partial charge in [0.05, 0.1) is 0 Å². The van der Waals surface area contributed by atoms with Crippen molar-refractivity contribution in [3.63, 3.8) is 0 Å². The summed E-state index contributed by atoms with van der Waals surface area (Å²) >= 11 is 0. The highest BCUT2D eigenvalue weighted by Gasteiger charge is 2.23. The van der Waals surface area contributed by atoms with Gasteiger partial charge in [0, 0.05) is 12.6 Å². The Bertz CT molecular complexity index is 368. The van der Waals surface area contributed by atoms with E-state index in [1.807, 2.05) is 0 Å². The molecule has 82 valence electrons. The number of hydrogen-bond donors (Lipinski definition) is 1. The monoisotopic (exact) mass is 203 g/mol. The van der Waals surface area contributed by atoms with Crippen molar-refractivity contribution < 1.29 is 0 Å². The first-order valence-electron chi connectivity index (χ1n) is 5.89. The van der Waals surface area contributed by atoms with E-state index in [1.165, 1.54) is 23.1 Å². The zero-order valence-corrected chi connectivity index (χ0v) is 10.2. The normalized spacial score (nSPS) is 25.9. The predicted molar refractivity (Wildman–Crippen MR) is 65.5 cm³/mol. The molecule has 1 aliphatic rings. The molecule has 1 aromatic carbocycles. The van der Waals surface area contributed by atoms with Crippen LogP contribution in [0.4, 0.5) is 0 Å². The summed E-state index contributed by atoms with van der Waals surface area (Å²) in [5, 5.41) is 3.53. The Labute approximate surface area is 92.9 Å². The molecule has 1 aliphatic heterocycles. The molecule has 0 radical (unpaired) electrons. The van der Waals surface area contributed by atoms with Crippen LogP contribution < -0.4 is 5.32 Å². The molecule has 1 N–H and O–H groups in total. The van der Waals surface area contributed by atoms with Crippen molar-refractivity contribution >= 4 is 0 Å². The fourth-order valence-corrected chi connectivity index (χ4v) is 2.60. The second-order valence-corrected chi connectivity index (χ2v) is 5.03. The van der Waals surface area contributed by atoms with Crippen molar-refractivity contribution in [2.24, 2.45) is 0 Å². The Balaban J connectivity index is 2.32. The topological polar surface area (TPSA) is 12.0 Å². The van der Waals surface area contributed by atoms with E-state index in [0.29, 0.717) is 6.04 Å². The zero-order chi connectivity index (χ0) is 11.0. The summed E-state index contributed by atoms with van der Waals surface area (Å²) in [5.74, 6) is 0.722. The molecule has 1 fully saturated rings. The molecule has 0 spiro atoms. The van der Waals surface area contributed by atoms with Gasteiger partial charge in [0.2, 0.25) is 0 Å². The maximum absolute atomic E-state index is 3.53. The van der Waals surface area contributed by atoms with Gasteiger partial charge in [-0.25, -0.2) is 0 Å². The Morgan fingerprint density at radius 3 is 2.33 bits per heavy atom. The molecule has 0 bridgehead atoms. The first-order chi connectivity index (χ1) is 7.08. The fourth-order valence-electron chi connectivity index (χ4n) is 2.60. The molecule has 15 heavy (non-hydrogen) atoms. The van der Waals surface area contributed by atoms with Crippen LogP contribution in [-0.2, 0) is 0 Å². The molecule has 1 nitrogen and oxygen atoms in total. The molecule has 0 saturated carbocycles. The molecule has 0 aromatic heterocycles. The lowest BCUT2D eigenvalue weighted by molar-refractivity contribution is 0.658. The van der Waals surface area contributed by atoms with Crippen LogP contribution in [0.25, 0.3) is 0 Å². The lowest BCUT2D eigenvalue weighted by atomic mass is 9.90.